The molecule has 0 fully saturated rings. The van der Waals surface area contributed by atoms with E-state index >= 15 is 0 Å². The summed E-state index contributed by atoms with van der Waals surface area (Å²) in [5.74, 6) is -1.43. The van der Waals surface area contributed by atoms with Gasteiger partial charge in [0.2, 0.25) is 0 Å². The second-order valence-electron chi connectivity index (χ2n) is 7.81. The number of hydrogen-bond donors (Lipinski definition) is 0. The minimum atomic E-state index is -8.16. The molecule has 0 spiro atoms. The molecule has 6 heteroatoms. The van der Waals surface area contributed by atoms with Gasteiger partial charge in [-0.2, -0.15) is 0 Å². The summed E-state index contributed by atoms with van der Waals surface area (Å²) in [5, 5.41) is -1.71. The van der Waals surface area contributed by atoms with E-state index in [1.54, 1.807) is 13.8 Å². The molecule has 0 aromatic heterocycles. The van der Waals surface area contributed by atoms with Gasteiger partial charge in [-0.25, -0.2) is 0 Å². The fraction of sp³-hybridized carbons (Fsp3) is 0.667. The molecule has 0 saturated heterocycles. The second-order valence-corrected chi connectivity index (χ2v) is 9.73. The van der Waals surface area contributed by atoms with Crippen LogP contribution in [0.4, 0.5) is 21.2 Å². The summed E-state index contributed by atoms with van der Waals surface area (Å²) in [6.45, 7) is 11.1. The molecule has 0 aliphatic rings. The summed E-state index contributed by atoms with van der Waals surface area (Å²) in [4.78, 5) is 0. The van der Waals surface area contributed by atoms with Crippen LogP contribution in [-0.4, -0.2) is 0 Å². The Morgan fingerprint density at radius 3 is 1.71 bits per heavy atom. The first-order chi connectivity index (χ1) is 10.6. The van der Waals surface area contributed by atoms with E-state index in [9.17, 15) is 21.2 Å². The van der Waals surface area contributed by atoms with Crippen molar-refractivity contribution in [1.82, 2.24) is 0 Å². The maximum absolute atomic E-state index is 14.9. The van der Waals surface area contributed by atoms with Gasteiger partial charge in [0.05, 0.1) is 0 Å². The Morgan fingerprint density at radius 2 is 1.29 bits per heavy atom. The van der Waals surface area contributed by atoms with Crippen molar-refractivity contribution in [2.75, 3.05) is 0 Å². The standard InChI is InChI=1S/C18H28F5P/c1-7-11-17(3,4)13-9-10-14(24(20,21,22)23)16(19)15(13)18(5,6)12-8-2/h9-10H,7-8,11-12H2,1-6H3. The van der Waals surface area contributed by atoms with Crippen molar-refractivity contribution in [3.05, 3.63) is 29.1 Å². The van der Waals surface area contributed by atoms with E-state index in [0.717, 1.165) is 6.42 Å². The summed E-state index contributed by atoms with van der Waals surface area (Å²) >= 11 is 0. The molecule has 1 aromatic rings. The monoisotopic (exact) mass is 370 g/mol. The van der Waals surface area contributed by atoms with Crippen LogP contribution < -0.4 is 5.30 Å². The topological polar surface area (TPSA) is 0 Å². The van der Waals surface area contributed by atoms with Crippen LogP contribution >= 0.6 is 7.85 Å². The average molecular weight is 370 g/mol. The molecule has 0 heterocycles. The van der Waals surface area contributed by atoms with Crippen molar-refractivity contribution < 1.29 is 21.2 Å². The predicted octanol–water partition coefficient (Wildman–Crippen LogP) is 7.70. The Hall–Kier alpha value is -0.700. The van der Waals surface area contributed by atoms with Crippen LogP contribution in [0.1, 0.15) is 78.4 Å². The number of halogens is 5. The molecular formula is C18H28F5P. The van der Waals surface area contributed by atoms with E-state index in [0.29, 0.717) is 30.9 Å². The molecule has 0 radical (unpaired) electrons. The van der Waals surface area contributed by atoms with Gasteiger partial charge in [-0.15, -0.1) is 0 Å². The van der Waals surface area contributed by atoms with Crippen molar-refractivity contribution in [3.8, 4) is 0 Å². The summed E-state index contributed by atoms with van der Waals surface area (Å²) in [7, 11) is -8.16. The molecule has 1 aromatic carbocycles. The zero-order valence-corrected chi connectivity index (χ0v) is 16.2. The Morgan fingerprint density at radius 1 is 0.833 bits per heavy atom. The molecule has 0 saturated carbocycles. The van der Waals surface area contributed by atoms with Gasteiger partial charge < -0.3 is 0 Å². The normalized spacial score (nSPS) is 15.2. The molecule has 0 bridgehead atoms. The Bertz CT molecular complexity index is 590. The molecule has 0 aliphatic heterocycles. The van der Waals surface area contributed by atoms with E-state index in [4.69, 9.17) is 0 Å². The van der Waals surface area contributed by atoms with Crippen LogP contribution in [0.25, 0.3) is 0 Å². The minimum absolute atomic E-state index is 0.0138. The molecule has 0 atom stereocenters. The number of rotatable bonds is 7. The zero-order chi connectivity index (χ0) is 19.0. The Kier molecular flexibility index (Phi) is 5.83. The third-order valence-electron chi connectivity index (χ3n) is 4.64. The van der Waals surface area contributed by atoms with E-state index < -0.39 is 29.8 Å². The van der Waals surface area contributed by atoms with Crippen LogP contribution in [0.2, 0.25) is 0 Å². The summed E-state index contributed by atoms with van der Waals surface area (Å²) < 4.78 is 68.1. The maximum atomic E-state index is 14.9. The average Bonchev–Trinajstić information content (AvgIpc) is 2.35. The van der Waals surface area contributed by atoms with E-state index in [1.165, 1.54) is 6.07 Å². The van der Waals surface area contributed by atoms with Gasteiger partial charge in [0.25, 0.3) is 0 Å². The fourth-order valence-electron chi connectivity index (χ4n) is 3.56. The Labute approximate surface area is 142 Å². The van der Waals surface area contributed by atoms with Crippen molar-refractivity contribution in [3.63, 3.8) is 0 Å². The summed E-state index contributed by atoms with van der Waals surface area (Å²) in [6, 6.07) is 1.87. The molecule has 0 unspecified atom stereocenters. The molecule has 0 nitrogen and oxygen atoms in total. The van der Waals surface area contributed by atoms with E-state index in [2.05, 4.69) is 0 Å². The van der Waals surface area contributed by atoms with Gasteiger partial charge in [0.1, 0.15) is 0 Å². The van der Waals surface area contributed by atoms with Gasteiger partial charge in [0, 0.05) is 0 Å². The van der Waals surface area contributed by atoms with Crippen molar-refractivity contribution in [2.45, 2.75) is 78.1 Å². The molecule has 140 valence electrons. The molecule has 0 aliphatic carbocycles. The molecule has 1 rings (SSSR count). The van der Waals surface area contributed by atoms with Crippen molar-refractivity contribution in [2.24, 2.45) is 0 Å². The fourth-order valence-corrected chi connectivity index (χ4v) is 4.27. The van der Waals surface area contributed by atoms with Gasteiger partial charge in [-0.1, -0.05) is 0 Å². The van der Waals surface area contributed by atoms with Crippen LogP contribution in [0.5, 0.6) is 0 Å². The first-order valence-electron chi connectivity index (χ1n) is 8.37. The van der Waals surface area contributed by atoms with Crippen molar-refractivity contribution in [1.29, 1.82) is 0 Å². The number of benzene rings is 1. The first-order valence-corrected chi connectivity index (χ1v) is 10.2. The van der Waals surface area contributed by atoms with Gasteiger partial charge >= 0.3 is 141 Å². The molecule has 0 amide bonds. The molecule has 24 heavy (non-hydrogen) atoms. The molecule has 0 N–H and O–H groups in total. The second kappa shape index (κ2) is 6.55. The van der Waals surface area contributed by atoms with Gasteiger partial charge in [-0.3, -0.25) is 0 Å². The first kappa shape index (κ1) is 21.3. The third kappa shape index (κ3) is 4.47. The Balaban J connectivity index is 3.79. The van der Waals surface area contributed by atoms with Gasteiger partial charge in [0.15, 0.2) is 0 Å². The summed E-state index contributed by atoms with van der Waals surface area (Å²) in [5.41, 5.74) is -0.724. The van der Waals surface area contributed by atoms with E-state index in [1.807, 2.05) is 27.7 Å². The van der Waals surface area contributed by atoms with E-state index in [-0.39, 0.29) is 5.56 Å². The van der Waals surface area contributed by atoms with Crippen LogP contribution in [0.3, 0.4) is 0 Å². The summed E-state index contributed by atoms with van der Waals surface area (Å²) in [6.07, 6.45) is 2.75. The number of hydrogen-bond acceptors (Lipinski definition) is 0. The van der Waals surface area contributed by atoms with Crippen LogP contribution in [0, 0.1) is 5.82 Å². The quantitative estimate of drug-likeness (QED) is 0.341. The molecular weight excluding hydrogens is 342 g/mol. The SMILES string of the molecule is CCCC(C)(C)c1ccc(P(F)(F)(F)F)c(F)c1C(C)(C)CCC. The van der Waals surface area contributed by atoms with Crippen LogP contribution in [0.15, 0.2) is 12.1 Å². The van der Waals surface area contributed by atoms with Crippen molar-refractivity contribution >= 4 is 13.2 Å². The van der Waals surface area contributed by atoms with Crippen LogP contribution in [-0.2, 0) is 10.8 Å². The predicted molar refractivity (Wildman–Crippen MR) is 93.3 cm³/mol. The zero-order valence-electron chi connectivity index (χ0n) is 15.3. The third-order valence-corrected chi connectivity index (χ3v) is 5.72. The van der Waals surface area contributed by atoms with Gasteiger partial charge in [-0.05, 0) is 0 Å².